The molecule has 0 amide bonds. The van der Waals surface area contributed by atoms with E-state index < -0.39 is 0 Å². The van der Waals surface area contributed by atoms with Gasteiger partial charge in [-0.25, -0.2) is 4.98 Å². The number of Topliss-reactive ketones (excluding diaryl/α,β-unsaturated/α-hetero) is 1. The second-order valence-corrected chi connectivity index (χ2v) is 8.23. The Bertz CT molecular complexity index is 813. The van der Waals surface area contributed by atoms with Crippen LogP contribution in [0.1, 0.15) is 33.6 Å². The maximum atomic E-state index is 11.5. The average Bonchev–Trinajstić information content (AvgIpc) is 3.36. The third kappa shape index (κ3) is 5.57. The van der Waals surface area contributed by atoms with Gasteiger partial charge in [-0.15, -0.1) is 0 Å². The number of carbonyl (C=O) groups excluding carboxylic acids is 1. The van der Waals surface area contributed by atoms with Crippen molar-refractivity contribution >= 4 is 17.5 Å². The van der Waals surface area contributed by atoms with Crippen LogP contribution in [0.25, 0.3) is 22.6 Å². The maximum absolute atomic E-state index is 11.5. The Kier molecular flexibility index (Phi) is 6.51. The zero-order chi connectivity index (χ0) is 19.2. The normalized spacial score (nSPS) is 14.2. The Morgan fingerprint density at radius 1 is 1.04 bits per heavy atom. The lowest BCUT2D eigenvalue weighted by Crippen LogP contribution is -2.07. The van der Waals surface area contributed by atoms with Gasteiger partial charge < -0.3 is 4.42 Å². The lowest BCUT2D eigenvalue weighted by Gasteiger charge is -2.02. The molecule has 1 aliphatic carbocycles. The van der Waals surface area contributed by atoms with Gasteiger partial charge in [0.05, 0.1) is 5.25 Å². The van der Waals surface area contributed by atoms with Gasteiger partial charge >= 0.3 is 0 Å². The highest BCUT2D eigenvalue weighted by molar-refractivity contribution is 8.00. The van der Waals surface area contributed by atoms with Gasteiger partial charge in [0, 0.05) is 11.1 Å². The highest BCUT2D eigenvalue weighted by Gasteiger charge is 2.20. The van der Waals surface area contributed by atoms with Gasteiger partial charge in [0.1, 0.15) is 11.5 Å². The molecule has 1 aromatic heterocycles. The molecule has 1 fully saturated rings. The van der Waals surface area contributed by atoms with Crippen molar-refractivity contribution in [3.05, 3.63) is 60.7 Å². The fourth-order valence-corrected chi connectivity index (χ4v) is 3.07. The summed E-state index contributed by atoms with van der Waals surface area (Å²) in [6.45, 7) is 5.72. The summed E-state index contributed by atoms with van der Waals surface area (Å²) >= 11 is 1.35. The van der Waals surface area contributed by atoms with Crippen LogP contribution in [-0.2, 0) is 4.79 Å². The van der Waals surface area contributed by atoms with Crippen molar-refractivity contribution in [2.75, 3.05) is 0 Å². The Morgan fingerprint density at radius 2 is 1.56 bits per heavy atom. The zero-order valence-electron chi connectivity index (χ0n) is 16.0. The predicted octanol–water partition coefficient (Wildman–Crippen LogP) is 6.49. The highest BCUT2D eigenvalue weighted by atomic mass is 32.2. The van der Waals surface area contributed by atoms with Crippen LogP contribution in [0.4, 0.5) is 0 Å². The number of carbonyl (C=O) groups is 1. The Hall–Kier alpha value is -2.33. The maximum Gasteiger partial charge on any atom is 0.257 e. The van der Waals surface area contributed by atoms with Crippen molar-refractivity contribution < 1.29 is 9.21 Å². The molecule has 4 heteroatoms. The Morgan fingerprint density at radius 3 is 2.04 bits per heavy atom. The summed E-state index contributed by atoms with van der Waals surface area (Å²) in [7, 11) is 0. The van der Waals surface area contributed by atoms with E-state index in [2.05, 4.69) is 11.9 Å². The summed E-state index contributed by atoms with van der Waals surface area (Å²) in [6.07, 6.45) is 2.97. The van der Waals surface area contributed by atoms with E-state index in [0.717, 1.165) is 28.5 Å². The second-order valence-electron chi connectivity index (χ2n) is 6.94. The molecule has 1 atom stereocenters. The molecule has 1 saturated carbocycles. The van der Waals surface area contributed by atoms with Crippen LogP contribution in [-0.4, -0.2) is 16.0 Å². The molecule has 3 aromatic rings. The average molecular weight is 380 g/mol. The molecular formula is C23H25NO2S. The number of ketones is 1. The SMILES string of the molecule is CC(=O)C(C)Sc1nc(-c2ccccc2)c(-c2ccccc2)o1.CC1CC1. The van der Waals surface area contributed by atoms with Crippen molar-refractivity contribution in [2.24, 2.45) is 5.92 Å². The number of nitrogens with zero attached hydrogens (tertiary/aromatic N) is 1. The highest BCUT2D eigenvalue weighted by Crippen LogP contribution is 2.36. The smallest absolute Gasteiger partial charge is 0.257 e. The zero-order valence-corrected chi connectivity index (χ0v) is 16.8. The number of thioether (sulfide) groups is 1. The fourth-order valence-electron chi connectivity index (χ4n) is 2.33. The first kappa shape index (κ1) is 19.4. The fraction of sp³-hybridized carbons (Fsp3) is 0.304. The van der Waals surface area contributed by atoms with E-state index >= 15 is 0 Å². The van der Waals surface area contributed by atoms with Crippen molar-refractivity contribution in [2.45, 2.75) is 44.1 Å². The van der Waals surface area contributed by atoms with Gasteiger partial charge in [-0.3, -0.25) is 4.79 Å². The van der Waals surface area contributed by atoms with Crippen LogP contribution in [0.15, 0.2) is 70.3 Å². The molecule has 140 valence electrons. The molecule has 0 spiro atoms. The number of oxazole rings is 1. The summed E-state index contributed by atoms with van der Waals surface area (Å²) in [5.74, 6) is 1.92. The first-order valence-corrected chi connectivity index (χ1v) is 10.2. The third-order valence-corrected chi connectivity index (χ3v) is 5.47. The minimum Gasteiger partial charge on any atom is -0.431 e. The van der Waals surface area contributed by atoms with E-state index in [4.69, 9.17) is 4.42 Å². The van der Waals surface area contributed by atoms with E-state index in [1.807, 2.05) is 67.6 Å². The summed E-state index contributed by atoms with van der Waals surface area (Å²) in [6, 6.07) is 19.8. The number of benzene rings is 2. The lowest BCUT2D eigenvalue weighted by atomic mass is 10.1. The van der Waals surface area contributed by atoms with Gasteiger partial charge in [0.2, 0.25) is 0 Å². The molecule has 0 saturated heterocycles. The van der Waals surface area contributed by atoms with Crippen molar-refractivity contribution in [1.82, 2.24) is 4.98 Å². The van der Waals surface area contributed by atoms with Crippen LogP contribution in [0.2, 0.25) is 0 Å². The van der Waals surface area contributed by atoms with Gasteiger partial charge in [-0.05, 0) is 19.8 Å². The molecule has 0 bridgehead atoms. The first-order chi connectivity index (χ1) is 13.0. The second kappa shape index (κ2) is 9.05. The summed E-state index contributed by atoms with van der Waals surface area (Å²) < 4.78 is 5.98. The topological polar surface area (TPSA) is 43.1 Å². The summed E-state index contributed by atoms with van der Waals surface area (Å²) in [5.41, 5.74) is 2.77. The number of rotatable bonds is 5. The molecule has 0 aliphatic heterocycles. The molecule has 2 aromatic carbocycles. The number of hydrogen-bond acceptors (Lipinski definition) is 4. The van der Waals surface area contributed by atoms with Gasteiger partial charge in [-0.2, -0.15) is 0 Å². The molecule has 1 unspecified atom stereocenters. The van der Waals surface area contributed by atoms with Crippen molar-refractivity contribution in [3.8, 4) is 22.6 Å². The van der Waals surface area contributed by atoms with E-state index in [1.165, 1.54) is 24.6 Å². The molecule has 0 N–H and O–H groups in total. The summed E-state index contributed by atoms with van der Waals surface area (Å²) in [5, 5.41) is 0.339. The van der Waals surface area contributed by atoms with E-state index in [9.17, 15) is 4.79 Å². The number of aromatic nitrogens is 1. The molecule has 0 radical (unpaired) electrons. The largest absolute Gasteiger partial charge is 0.431 e. The van der Waals surface area contributed by atoms with E-state index in [-0.39, 0.29) is 11.0 Å². The van der Waals surface area contributed by atoms with Crippen molar-refractivity contribution in [3.63, 3.8) is 0 Å². The lowest BCUT2D eigenvalue weighted by molar-refractivity contribution is -0.116. The first-order valence-electron chi connectivity index (χ1n) is 9.33. The molecule has 27 heavy (non-hydrogen) atoms. The number of hydrogen-bond donors (Lipinski definition) is 0. The third-order valence-electron chi connectivity index (χ3n) is 4.41. The Labute approximate surface area is 165 Å². The van der Waals surface area contributed by atoms with Crippen LogP contribution in [0, 0.1) is 5.92 Å². The predicted molar refractivity (Wildman–Crippen MR) is 112 cm³/mol. The van der Waals surface area contributed by atoms with Crippen LogP contribution in [0.5, 0.6) is 0 Å². The molecule has 3 nitrogen and oxygen atoms in total. The monoisotopic (exact) mass is 379 g/mol. The van der Waals surface area contributed by atoms with Crippen molar-refractivity contribution in [1.29, 1.82) is 0 Å². The molecule has 1 aliphatic rings. The van der Waals surface area contributed by atoms with E-state index in [0.29, 0.717) is 5.22 Å². The Balaban J connectivity index is 0.000000466. The standard InChI is InChI=1S/C19H17NO2S.C4H8/c1-13(21)14(2)23-19-20-17(15-9-5-3-6-10-15)18(22-19)16-11-7-4-8-12-16;1-4-2-3-4/h3-12,14H,1-2H3;4H,2-3H2,1H3. The molecule has 4 rings (SSSR count). The van der Waals surface area contributed by atoms with Gasteiger partial charge in [-0.1, -0.05) is 92.2 Å². The van der Waals surface area contributed by atoms with Gasteiger partial charge in [0.15, 0.2) is 5.76 Å². The summed E-state index contributed by atoms with van der Waals surface area (Å²) in [4.78, 5) is 16.1. The quantitative estimate of drug-likeness (QED) is 0.475. The van der Waals surface area contributed by atoms with Crippen LogP contribution in [0.3, 0.4) is 0 Å². The van der Waals surface area contributed by atoms with Gasteiger partial charge in [0.25, 0.3) is 5.22 Å². The van der Waals surface area contributed by atoms with Crippen LogP contribution < -0.4 is 0 Å². The van der Waals surface area contributed by atoms with E-state index in [1.54, 1.807) is 6.92 Å². The minimum absolute atomic E-state index is 0.107. The molecular weight excluding hydrogens is 354 g/mol. The van der Waals surface area contributed by atoms with Crippen LogP contribution >= 0.6 is 11.8 Å². The molecule has 1 heterocycles. The minimum atomic E-state index is -0.180.